The maximum atomic E-state index is 13.1. The molecule has 2 aromatic heterocycles. The number of carbonyl (C=O) groups is 1. The van der Waals surface area contributed by atoms with Crippen LogP contribution in [0.5, 0.6) is 5.75 Å². The number of thiophene rings is 1. The molecule has 3 heterocycles. The van der Waals surface area contributed by atoms with Gasteiger partial charge >= 0.3 is 6.36 Å². The molecule has 45 heavy (non-hydrogen) atoms. The zero-order valence-electron chi connectivity index (χ0n) is 24.6. The van der Waals surface area contributed by atoms with Crippen molar-refractivity contribution in [3.05, 3.63) is 117 Å². The average Bonchev–Trinajstić information content (AvgIpc) is 3.48. The number of aromatic nitrogens is 2. The van der Waals surface area contributed by atoms with Crippen molar-refractivity contribution in [1.29, 1.82) is 0 Å². The number of hydrogen-bond acceptors (Lipinski definition) is 7. The molecule has 0 spiro atoms. The van der Waals surface area contributed by atoms with Gasteiger partial charge in [0.1, 0.15) is 5.75 Å². The summed E-state index contributed by atoms with van der Waals surface area (Å²) in [7, 11) is 0. The van der Waals surface area contributed by atoms with Gasteiger partial charge in [0.05, 0.1) is 5.69 Å². The summed E-state index contributed by atoms with van der Waals surface area (Å²) in [5.74, 6) is -0.215. The highest BCUT2D eigenvalue weighted by atomic mass is 32.1. The molecule has 3 aromatic carbocycles. The van der Waals surface area contributed by atoms with Crippen molar-refractivity contribution in [3.63, 3.8) is 0 Å². The highest BCUT2D eigenvalue weighted by molar-refractivity contribution is 7.10. The number of nitrogens with one attached hydrogen (secondary N) is 2. The van der Waals surface area contributed by atoms with E-state index in [1.165, 1.54) is 34.7 Å². The van der Waals surface area contributed by atoms with E-state index < -0.39 is 6.36 Å². The van der Waals surface area contributed by atoms with Gasteiger partial charge in [-0.3, -0.25) is 9.69 Å². The predicted octanol–water partition coefficient (Wildman–Crippen LogP) is 8.27. The number of benzene rings is 3. The van der Waals surface area contributed by atoms with Crippen molar-refractivity contribution in [1.82, 2.24) is 14.9 Å². The SMILES string of the molecule is Cc1ccc(CN2CCc3sccc3C2)cc1NC(=O)c1ccc(Nc2ncc(C)c(-c3ccc(OC(F)(F)F)cc3)n2)cc1. The first-order chi connectivity index (χ1) is 21.6. The molecule has 1 aliphatic heterocycles. The van der Waals surface area contributed by atoms with E-state index in [-0.39, 0.29) is 11.7 Å². The summed E-state index contributed by atoms with van der Waals surface area (Å²) < 4.78 is 41.5. The minimum absolute atomic E-state index is 0.213. The van der Waals surface area contributed by atoms with Gasteiger partial charge in [-0.2, -0.15) is 0 Å². The van der Waals surface area contributed by atoms with Crippen molar-refractivity contribution < 1.29 is 22.7 Å². The number of halogens is 3. The third kappa shape index (κ3) is 7.50. The molecule has 7 nitrogen and oxygen atoms in total. The van der Waals surface area contributed by atoms with Gasteiger partial charge in [0.15, 0.2) is 0 Å². The van der Waals surface area contributed by atoms with Crippen LogP contribution in [0.15, 0.2) is 84.4 Å². The summed E-state index contributed by atoms with van der Waals surface area (Å²) in [6, 6.07) is 20.9. The van der Waals surface area contributed by atoms with Gasteiger partial charge in [-0.05, 0) is 109 Å². The number of amides is 1. The van der Waals surface area contributed by atoms with Gasteiger partial charge in [-0.1, -0.05) is 12.1 Å². The Bertz CT molecular complexity index is 1820. The molecule has 5 aromatic rings. The summed E-state index contributed by atoms with van der Waals surface area (Å²) in [4.78, 5) is 25.9. The lowest BCUT2D eigenvalue weighted by molar-refractivity contribution is -0.274. The van der Waals surface area contributed by atoms with Crippen molar-refractivity contribution in [2.24, 2.45) is 0 Å². The van der Waals surface area contributed by atoms with E-state index in [1.807, 2.05) is 31.3 Å². The quantitative estimate of drug-likeness (QED) is 0.180. The molecule has 0 saturated carbocycles. The molecule has 0 radical (unpaired) electrons. The monoisotopic (exact) mass is 629 g/mol. The maximum Gasteiger partial charge on any atom is 0.573 e. The first-order valence-corrected chi connectivity index (χ1v) is 15.2. The maximum absolute atomic E-state index is 13.1. The van der Waals surface area contributed by atoms with Crippen molar-refractivity contribution >= 4 is 34.6 Å². The summed E-state index contributed by atoms with van der Waals surface area (Å²) in [6.07, 6.45) is -2.05. The minimum Gasteiger partial charge on any atom is -0.406 e. The van der Waals surface area contributed by atoms with E-state index >= 15 is 0 Å². The van der Waals surface area contributed by atoms with Crippen LogP contribution in [-0.2, 0) is 19.5 Å². The Labute approximate surface area is 262 Å². The normalized spacial score (nSPS) is 13.3. The van der Waals surface area contributed by atoms with Gasteiger partial charge < -0.3 is 15.4 Å². The Kier molecular flexibility index (Phi) is 8.55. The number of hydrogen-bond donors (Lipinski definition) is 2. The first-order valence-electron chi connectivity index (χ1n) is 14.3. The number of alkyl halides is 3. The first kappa shape index (κ1) is 30.3. The van der Waals surface area contributed by atoms with Crippen LogP contribution >= 0.6 is 11.3 Å². The van der Waals surface area contributed by atoms with Crippen molar-refractivity contribution in [2.75, 3.05) is 17.2 Å². The van der Waals surface area contributed by atoms with Gasteiger partial charge in [0.2, 0.25) is 5.95 Å². The smallest absolute Gasteiger partial charge is 0.406 e. The Hall–Kier alpha value is -4.74. The second kappa shape index (κ2) is 12.7. The molecule has 0 fully saturated rings. The molecule has 1 amide bonds. The van der Waals surface area contributed by atoms with Crippen LogP contribution in [0.3, 0.4) is 0 Å². The van der Waals surface area contributed by atoms with Crippen molar-refractivity contribution in [2.45, 2.75) is 39.7 Å². The molecule has 6 rings (SSSR count). The minimum atomic E-state index is -4.76. The Morgan fingerprint density at radius 2 is 1.78 bits per heavy atom. The molecule has 0 bridgehead atoms. The average molecular weight is 630 g/mol. The summed E-state index contributed by atoms with van der Waals surface area (Å²) in [5, 5.41) is 8.35. The second-order valence-electron chi connectivity index (χ2n) is 10.9. The number of nitrogens with zero attached hydrogens (tertiary/aromatic N) is 3. The third-order valence-electron chi connectivity index (χ3n) is 7.58. The van der Waals surface area contributed by atoms with E-state index in [1.54, 1.807) is 30.5 Å². The van der Waals surface area contributed by atoms with Crippen LogP contribution in [0.1, 0.15) is 37.5 Å². The molecule has 1 aliphatic rings. The van der Waals surface area contributed by atoms with Crippen LogP contribution in [0.25, 0.3) is 11.3 Å². The molecule has 0 atom stereocenters. The van der Waals surface area contributed by atoms with Crippen LogP contribution in [0.2, 0.25) is 0 Å². The van der Waals surface area contributed by atoms with Gasteiger partial charge in [0.25, 0.3) is 5.91 Å². The topological polar surface area (TPSA) is 79.4 Å². The molecular formula is C34H30F3N5O2S. The fourth-order valence-electron chi connectivity index (χ4n) is 5.24. The standard InChI is InChI=1S/C34H30F3N5O2S/c1-21-3-4-23(19-42-15-13-30-26(20-42)14-16-45-30)17-29(21)40-32(43)25-5-9-27(10-6-25)39-33-38-18-22(2)31(41-33)24-7-11-28(12-8-24)44-34(35,36)37/h3-12,14,16-18H,13,15,19-20H2,1-2H3,(H,40,43)(H,38,39,41). The van der Waals surface area contributed by atoms with Gasteiger partial charge in [-0.25, -0.2) is 9.97 Å². The summed E-state index contributed by atoms with van der Waals surface area (Å²) in [5.41, 5.74) is 7.43. The zero-order valence-corrected chi connectivity index (χ0v) is 25.4. The van der Waals surface area contributed by atoms with E-state index in [9.17, 15) is 18.0 Å². The van der Waals surface area contributed by atoms with Crippen LogP contribution in [0.4, 0.5) is 30.5 Å². The largest absolute Gasteiger partial charge is 0.573 e. The fraction of sp³-hybridized carbons (Fsp3) is 0.206. The highest BCUT2D eigenvalue weighted by Crippen LogP contribution is 2.29. The zero-order chi connectivity index (χ0) is 31.6. The number of rotatable bonds is 8. The molecule has 230 valence electrons. The number of ether oxygens (including phenoxy) is 1. The highest BCUT2D eigenvalue weighted by Gasteiger charge is 2.31. The predicted molar refractivity (Wildman–Crippen MR) is 170 cm³/mol. The second-order valence-corrected chi connectivity index (χ2v) is 11.9. The van der Waals surface area contributed by atoms with Crippen molar-refractivity contribution in [3.8, 4) is 17.0 Å². The number of carbonyl (C=O) groups excluding carboxylic acids is 1. The molecule has 0 unspecified atom stereocenters. The molecule has 11 heteroatoms. The van der Waals surface area contributed by atoms with E-state index in [0.29, 0.717) is 28.5 Å². The molecule has 2 N–H and O–H groups in total. The van der Waals surface area contributed by atoms with Crippen LogP contribution < -0.4 is 15.4 Å². The number of anilines is 3. The lowest BCUT2D eigenvalue weighted by Gasteiger charge is -2.27. The Balaban J connectivity index is 1.09. The fourth-order valence-corrected chi connectivity index (χ4v) is 6.13. The lowest BCUT2D eigenvalue weighted by Crippen LogP contribution is -2.29. The molecular weight excluding hydrogens is 599 g/mol. The number of fused-ring (bicyclic) bond motifs is 1. The Morgan fingerprint density at radius 3 is 2.53 bits per heavy atom. The van der Waals surface area contributed by atoms with Gasteiger partial charge in [0, 0.05) is 53.2 Å². The third-order valence-corrected chi connectivity index (χ3v) is 8.60. The van der Waals surface area contributed by atoms with Crippen LogP contribution in [-0.4, -0.2) is 33.7 Å². The molecule has 0 saturated heterocycles. The van der Waals surface area contributed by atoms with Crippen LogP contribution in [0, 0.1) is 13.8 Å². The van der Waals surface area contributed by atoms with E-state index in [2.05, 4.69) is 53.8 Å². The van der Waals surface area contributed by atoms with E-state index in [0.717, 1.165) is 48.4 Å². The summed E-state index contributed by atoms with van der Waals surface area (Å²) in [6.45, 7) is 6.58. The van der Waals surface area contributed by atoms with E-state index in [4.69, 9.17) is 0 Å². The summed E-state index contributed by atoms with van der Waals surface area (Å²) >= 11 is 1.83. The lowest BCUT2D eigenvalue weighted by atomic mass is 10.1. The number of aryl methyl sites for hydroxylation is 2. The Morgan fingerprint density at radius 1 is 1.00 bits per heavy atom. The van der Waals surface area contributed by atoms with Gasteiger partial charge in [-0.15, -0.1) is 24.5 Å². The molecule has 0 aliphatic carbocycles.